The van der Waals surface area contributed by atoms with Gasteiger partial charge in [0.25, 0.3) is 5.95 Å². The Morgan fingerprint density at radius 1 is 1.18 bits per heavy atom. The molecule has 11 heavy (non-hydrogen) atoms. The molecule has 0 aromatic carbocycles. The molecule has 2 heterocycles. The van der Waals surface area contributed by atoms with E-state index < -0.39 is 0 Å². The highest BCUT2D eigenvalue weighted by atomic mass is 15.5. The Bertz CT molecular complexity index is 313. The molecule has 7 nitrogen and oxygen atoms in total. The van der Waals surface area contributed by atoms with Crippen molar-refractivity contribution < 1.29 is 0 Å². The van der Waals surface area contributed by atoms with Gasteiger partial charge in [-0.1, -0.05) is 0 Å². The zero-order chi connectivity index (χ0) is 7.52. The monoisotopic (exact) mass is 149 g/mol. The molecule has 0 unspecified atom stereocenters. The van der Waals surface area contributed by atoms with E-state index in [0.29, 0.717) is 5.95 Å². The first-order chi connectivity index (χ1) is 5.47. The summed E-state index contributed by atoms with van der Waals surface area (Å²) in [5.41, 5.74) is 0. The second-order valence-electron chi connectivity index (χ2n) is 1.69. The summed E-state index contributed by atoms with van der Waals surface area (Å²) in [5, 5.41) is 10.5. The molecule has 0 aliphatic rings. The van der Waals surface area contributed by atoms with E-state index in [-0.39, 0.29) is 0 Å². The molecule has 0 spiro atoms. The molecular formula is C4H3N7. The molecule has 0 saturated heterocycles. The third-order valence-electron chi connectivity index (χ3n) is 1.03. The summed E-state index contributed by atoms with van der Waals surface area (Å²) in [6.45, 7) is 0. The highest BCUT2D eigenvalue weighted by molar-refractivity contribution is 5.00. The van der Waals surface area contributed by atoms with E-state index >= 15 is 0 Å². The van der Waals surface area contributed by atoms with Gasteiger partial charge in [-0.15, -0.1) is 5.10 Å². The quantitative estimate of drug-likeness (QED) is 0.509. The van der Waals surface area contributed by atoms with Gasteiger partial charge < -0.3 is 0 Å². The maximum atomic E-state index is 3.82. The van der Waals surface area contributed by atoms with Crippen molar-refractivity contribution in [1.29, 1.82) is 0 Å². The van der Waals surface area contributed by atoms with E-state index in [1.54, 1.807) is 0 Å². The minimum absolute atomic E-state index is 0.407. The van der Waals surface area contributed by atoms with Gasteiger partial charge in [0.15, 0.2) is 0 Å². The van der Waals surface area contributed by atoms with Crippen LogP contribution in [0.25, 0.3) is 5.95 Å². The Morgan fingerprint density at radius 2 is 2.00 bits per heavy atom. The van der Waals surface area contributed by atoms with Crippen LogP contribution >= 0.6 is 0 Å². The van der Waals surface area contributed by atoms with E-state index in [2.05, 4.69) is 30.5 Å². The SMILES string of the molecule is c1ncnc(-n2cnnn2)n1. The van der Waals surface area contributed by atoms with E-state index in [1.807, 2.05) is 0 Å². The van der Waals surface area contributed by atoms with Gasteiger partial charge in [0.1, 0.15) is 19.0 Å². The van der Waals surface area contributed by atoms with Crippen molar-refractivity contribution in [2.45, 2.75) is 0 Å². The molecule has 0 bridgehead atoms. The maximum absolute atomic E-state index is 3.82. The summed E-state index contributed by atoms with van der Waals surface area (Å²) in [6, 6.07) is 0. The lowest BCUT2D eigenvalue weighted by molar-refractivity contribution is 0.740. The van der Waals surface area contributed by atoms with Crippen LogP contribution in [0.4, 0.5) is 0 Å². The fourth-order valence-electron chi connectivity index (χ4n) is 0.604. The van der Waals surface area contributed by atoms with Crippen LogP contribution < -0.4 is 0 Å². The van der Waals surface area contributed by atoms with Crippen molar-refractivity contribution in [2.75, 3.05) is 0 Å². The fourth-order valence-corrected chi connectivity index (χ4v) is 0.604. The predicted molar refractivity (Wildman–Crippen MR) is 32.5 cm³/mol. The Morgan fingerprint density at radius 3 is 2.64 bits per heavy atom. The minimum Gasteiger partial charge on any atom is -0.225 e. The third kappa shape index (κ3) is 1.02. The molecule has 0 fully saturated rings. The standard InChI is InChI=1S/C4H3N7/c1-5-2-7-4(6-1)11-3-8-9-10-11/h1-3H. The average molecular weight is 149 g/mol. The normalized spacial score (nSPS) is 9.82. The van der Waals surface area contributed by atoms with Gasteiger partial charge in [-0.2, -0.15) is 14.6 Å². The van der Waals surface area contributed by atoms with Crippen molar-refractivity contribution >= 4 is 0 Å². The van der Waals surface area contributed by atoms with Crippen LogP contribution in [-0.4, -0.2) is 35.2 Å². The molecule has 0 saturated carbocycles. The highest BCUT2D eigenvalue weighted by Gasteiger charge is 1.97. The molecule has 0 N–H and O–H groups in total. The van der Waals surface area contributed by atoms with E-state index in [4.69, 9.17) is 0 Å². The van der Waals surface area contributed by atoms with E-state index in [9.17, 15) is 0 Å². The molecular weight excluding hydrogens is 146 g/mol. The maximum Gasteiger partial charge on any atom is 0.256 e. The summed E-state index contributed by atoms with van der Waals surface area (Å²) in [6.07, 6.45) is 4.17. The Balaban J connectivity index is 2.46. The zero-order valence-corrected chi connectivity index (χ0v) is 5.36. The lowest BCUT2D eigenvalue weighted by atomic mass is 10.9. The van der Waals surface area contributed by atoms with Gasteiger partial charge in [0.2, 0.25) is 0 Å². The largest absolute Gasteiger partial charge is 0.256 e. The Hall–Kier alpha value is -1.92. The molecule has 0 amide bonds. The van der Waals surface area contributed by atoms with Crippen LogP contribution in [-0.2, 0) is 0 Å². The molecule has 2 rings (SSSR count). The van der Waals surface area contributed by atoms with Gasteiger partial charge in [0, 0.05) is 0 Å². The van der Waals surface area contributed by atoms with Crippen molar-refractivity contribution in [1.82, 2.24) is 35.2 Å². The Labute approximate surface area is 61.1 Å². The second kappa shape index (κ2) is 2.37. The number of rotatable bonds is 1. The summed E-state index contributed by atoms with van der Waals surface area (Å²) < 4.78 is 1.35. The van der Waals surface area contributed by atoms with Crippen LogP contribution in [0.5, 0.6) is 0 Å². The molecule has 0 aliphatic carbocycles. The summed E-state index contributed by atoms with van der Waals surface area (Å²) in [7, 11) is 0. The number of aromatic nitrogens is 7. The molecule has 0 radical (unpaired) electrons. The summed E-state index contributed by atoms with van der Waals surface area (Å²) in [4.78, 5) is 11.3. The van der Waals surface area contributed by atoms with E-state index in [1.165, 1.54) is 23.7 Å². The number of nitrogens with zero attached hydrogens (tertiary/aromatic N) is 7. The number of hydrogen-bond donors (Lipinski definition) is 0. The molecule has 54 valence electrons. The van der Waals surface area contributed by atoms with Crippen LogP contribution in [0.15, 0.2) is 19.0 Å². The first-order valence-electron chi connectivity index (χ1n) is 2.82. The van der Waals surface area contributed by atoms with E-state index in [0.717, 1.165) is 0 Å². The van der Waals surface area contributed by atoms with Crippen LogP contribution in [0.1, 0.15) is 0 Å². The number of hydrogen-bond acceptors (Lipinski definition) is 6. The van der Waals surface area contributed by atoms with Crippen LogP contribution in [0, 0.1) is 0 Å². The van der Waals surface area contributed by atoms with Gasteiger partial charge in [0.05, 0.1) is 0 Å². The molecule has 2 aromatic heterocycles. The fraction of sp³-hybridized carbons (Fsp3) is 0. The first kappa shape index (κ1) is 5.83. The first-order valence-corrected chi connectivity index (χ1v) is 2.82. The molecule has 2 aromatic rings. The van der Waals surface area contributed by atoms with Crippen LogP contribution in [0.3, 0.4) is 0 Å². The summed E-state index contributed by atoms with van der Waals surface area (Å²) in [5.74, 6) is 0.407. The smallest absolute Gasteiger partial charge is 0.225 e. The Kier molecular flexibility index (Phi) is 1.26. The van der Waals surface area contributed by atoms with Crippen molar-refractivity contribution in [2.24, 2.45) is 0 Å². The average Bonchev–Trinajstić information content (AvgIpc) is 2.58. The van der Waals surface area contributed by atoms with Crippen molar-refractivity contribution in [3.8, 4) is 5.95 Å². The second-order valence-corrected chi connectivity index (χ2v) is 1.69. The lowest BCUT2D eigenvalue weighted by Crippen LogP contribution is -2.01. The topological polar surface area (TPSA) is 82.3 Å². The number of tetrazole rings is 1. The van der Waals surface area contributed by atoms with Gasteiger partial charge in [-0.25, -0.2) is 4.98 Å². The van der Waals surface area contributed by atoms with Crippen molar-refractivity contribution in [3.63, 3.8) is 0 Å². The van der Waals surface area contributed by atoms with Gasteiger partial charge in [-0.05, 0) is 10.4 Å². The lowest BCUT2D eigenvalue weighted by Gasteiger charge is -1.91. The highest BCUT2D eigenvalue weighted by Crippen LogP contribution is 1.89. The van der Waals surface area contributed by atoms with Crippen molar-refractivity contribution in [3.05, 3.63) is 19.0 Å². The zero-order valence-electron chi connectivity index (χ0n) is 5.36. The van der Waals surface area contributed by atoms with Gasteiger partial charge in [-0.3, -0.25) is 0 Å². The molecule has 7 heteroatoms. The minimum atomic E-state index is 0.407. The van der Waals surface area contributed by atoms with Gasteiger partial charge >= 0.3 is 0 Å². The predicted octanol–water partition coefficient (Wildman–Crippen LogP) is -1.15. The molecule has 0 aliphatic heterocycles. The summed E-state index contributed by atoms with van der Waals surface area (Å²) >= 11 is 0. The van der Waals surface area contributed by atoms with Crippen LogP contribution in [0.2, 0.25) is 0 Å². The third-order valence-corrected chi connectivity index (χ3v) is 1.03. The molecule has 0 atom stereocenters.